The van der Waals surface area contributed by atoms with E-state index in [1.807, 2.05) is 30.3 Å². The second kappa shape index (κ2) is 8.68. The van der Waals surface area contributed by atoms with Gasteiger partial charge in [-0.3, -0.25) is 9.69 Å². The van der Waals surface area contributed by atoms with Crippen molar-refractivity contribution in [2.45, 2.75) is 31.2 Å². The molecule has 4 rings (SSSR count). The summed E-state index contributed by atoms with van der Waals surface area (Å²) in [5, 5.41) is 6.74. The number of benzene rings is 2. The minimum Gasteiger partial charge on any atom is -0.325 e. The Balaban J connectivity index is 1.13. The molecular weight excluding hydrogens is 334 g/mol. The monoisotopic (exact) mass is 363 g/mol. The molecule has 0 unspecified atom stereocenters. The standard InChI is InChI=1S/C23H29N3O/c27-23(25-20-9-5-2-6-10-20)17-26-13-11-18(12-14-26)16-24-22-15-21(22)19-7-3-1-4-8-19/h1-10,18,21-22,24H,11-17H2,(H,25,27)/t21-,22+/m0/s1. The summed E-state index contributed by atoms with van der Waals surface area (Å²) in [6.07, 6.45) is 3.62. The van der Waals surface area contributed by atoms with E-state index in [0.717, 1.165) is 31.2 Å². The molecule has 1 aliphatic carbocycles. The number of rotatable bonds is 7. The first-order valence-corrected chi connectivity index (χ1v) is 10.1. The fourth-order valence-electron chi connectivity index (χ4n) is 4.08. The van der Waals surface area contributed by atoms with Crippen LogP contribution in [0.25, 0.3) is 0 Å². The zero-order valence-corrected chi connectivity index (χ0v) is 15.8. The highest BCUT2D eigenvalue weighted by atomic mass is 16.2. The van der Waals surface area contributed by atoms with Gasteiger partial charge in [0, 0.05) is 17.6 Å². The van der Waals surface area contributed by atoms with E-state index in [-0.39, 0.29) is 5.91 Å². The fourth-order valence-corrected chi connectivity index (χ4v) is 4.08. The number of para-hydroxylation sites is 1. The van der Waals surface area contributed by atoms with Crippen LogP contribution in [0.2, 0.25) is 0 Å². The van der Waals surface area contributed by atoms with Crippen LogP contribution in [0.5, 0.6) is 0 Å². The van der Waals surface area contributed by atoms with E-state index in [4.69, 9.17) is 0 Å². The summed E-state index contributed by atoms with van der Waals surface area (Å²) in [6.45, 7) is 3.63. The van der Waals surface area contributed by atoms with Gasteiger partial charge in [-0.25, -0.2) is 0 Å². The van der Waals surface area contributed by atoms with Crippen molar-refractivity contribution in [3.05, 3.63) is 66.2 Å². The van der Waals surface area contributed by atoms with Gasteiger partial charge in [-0.05, 0) is 62.5 Å². The molecule has 1 heterocycles. The van der Waals surface area contributed by atoms with Gasteiger partial charge >= 0.3 is 0 Å². The Morgan fingerprint density at radius 2 is 1.63 bits per heavy atom. The largest absolute Gasteiger partial charge is 0.325 e. The van der Waals surface area contributed by atoms with Crippen molar-refractivity contribution < 1.29 is 4.79 Å². The molecule has 0 radical (unpaired) electrons. The summed E-state index contributed by atoms with van der Waals surface area (Å²) in [7, 11) is 0. The molecule has 2 aliphatic rings. The summed E-state index contributed by atoms with van der Waals surface area (Å²) in [5.41, 5.74) is 2.34. The zero-order chi connectivity index (χ0) is 18.5. The van der Waals surface area contributed by atoms with Crippen molar-refractivity contribution in [3.8, 4) is 0 Å². The summed E-state index contributed by atoms with van der Waals surface area (Å²) in [5.74, 6) is 1.52. The summed E-state index contributed by atoms with van der Waals surface area (Å²) in [4.78, 5) is 14.5. The van der Waals surface area contributed by atoms with E-state index in [0.29, 0.717) is 18.5 Å². The molecule has 0 aromatic heterocycles. The molecule has 2 fully saturated rings. The SMILES string of the molecule is O=C(CN1CCC(CN[C@@H]2C[C@H]2c2ccccc2)CC1)Nc1ccccc1. The van der Waals surface area contributed by atoms with Crippen molar-refractivity contribution in [1.29, 1.82) is 0 Å². The molecule has 0 bridgehead atoms. The van der Waals surface area contributed by atoms with Crippen molar-refractivity contribution >= 4 is 11.6 Å². The molecule has 27 heavy (non-hydrogen) atoms. The summed E-state index contributed by atoms with van der Waals surface area (Å²) >= 11 is 0. The van der Waals surface area contributed by atoms with Crippen LogP contribution in [0.4, 0.5) is 5.69 Å². The Hall–Kier alpha value is -2.17. The third kappa shape index (κ3) is 5.18. The van der Waals surface area contributed by atoms with E-state index >= 15 is 0 Å². The quantitative estimate of drug-likeness (QED) is 0.792. The lowest BCUT2D eigenvalue weighted by atomic mass is 9.96. The van der Waals surface area contributed by atoms with Gasteiger partial charge in [0.1, 0.15) is 0 Å². The molecule has 1 saturated carbocycles. The van der Waals surface area contributed by atoms with E-state index < -0.39 is 0 Å². The van der Waals surface area contributed by atoms with Gasteiger partial charge in [-0.15, -0.1) is 0 Å². The Labute approximate surface area is 162 Å². The van der Waals surface area contributed by atoms with Crippen LogP contribution in [0.15, 0.2) is 60.7 Å². The van der Waals surface area contributed by atoms with Crippen LogP contribution >= 0.6 is 0 Å². The van der Waals surface area contributed by atoms with E-state index in [1.54, 1.807) is 0 Å². The van der Waals surface area contributed by atoms with Crippen molar-refractivity contribution in [2.24, 2.45) is 5.92 Å². The van der Waals surface area contributed by atoms with E-state index in [9.17, 15) is 4.79 Å². The third-order valence-corrected chi connectivity index (χ3v) is 5.82. The molecule has 2 aromatic rings. The molecular formula is C23H29N3O. The smallest absolute Gasteiger partial charge is 0.238 e. The molecule has 2 N–H and O–H groups in total. The van der Waals surface area contributed by atoms with Gasteiger partial charge in [-0.2, -0.15) is 0 Å². The normalized spacial score (nSPS) is 23.1. The van der Waals surface area contributed by atoms with Gasteiger partial charge in [0.25, 0.3) is 0 Å². The molecule has 2 atom stereocenters. The topological polar surface area (TPSA) is 44.4 Å². The molecule has 4 heteroatoms. The highest BCUT2D eigenvalue weighted by Gasteiger charge is 2.38. The van der Waals surface area contributed by atoms with Gasteiger partial charge in [0.15, 0.2) is 0 Å². The second-order valence-corrected chi connectivity index (χ2v) is 7.90. The zero-order valence-electron chi connectivity index (χ0n) is 15.8. The number of piperidine rings is 1. The highest BCUT2D eigenvalue weighted by molar-refractivity contribution is 5.92. The van der Waals surface area contributed by atoms with Gasteiger partial charge in [-0.1, -0.05) is 48.5 Å². The van der Waals surface area contributed by atoms with Gasteiger partial charge in [0.05, 0.1) is 6.54 Å². The maximum absolute atomic E-state index is 12.2. The average Bonchev–Trinajstić information content (AvgIpc) is 3.49. The first-order chi connectivity index (χ1) is 13.3. The van der Waals surface area contributed by atoms with Crippen LogP contribution < -0.4 is 10.6 Å². The number of carbonyl (C=O) groups is 1. The minimum absolute atomic E-state index is 0.0847. The fraction of sp³-hybridized carbons (Fsp3) is 0.435. The summed E-state index contributed by atoms with van der Waals surface area (Å²) < 4.78 is 0. The number of hydrogen-bond acceptors (Lipinski definition) is 3. The lowest BCUT2D eigenvalue weighted by molar-refractivity contribution is -0.117. The lowest BCUT2D eigenvalue weighted by Gasteiger charge is -2.31. The summed E-state index contributed by atoms with van der Waals surface area (Å²) in [6, 6.07) is 21.2. The molecule has 1 amide bonds. The number of nitrogens with one attached hydrogen (secondary N) is 2. The highest BCUT2D eigenvalue weighted by Crippen LogP contribution is 2.40. The molecule has 1 aliphatic heterocycles. The Morgan fingerprint density at radius 1 is 0.963 bits per heavy atom. The number of nitrogens with zero attached hydrogens (tertiary/aromatic N) is 1. The van der Waals surface area contributed by atoms with Crippen LogP contribution in [0.1, 0.15) is 30.7 Å². The van der Waals surface area contributed by atoms with E-state index in [2.05, 4.69) is 45.9 Å². The number of amides is 1. The number of hydrogen-bond donors (Lipinski definition) is 2. The first kappa shape index (κ1) is 18.2. The Morgan fingerprint density at radius 3 is 2.33 bits per heavy atom. The lowest BCUT2D eigenvalue weighted by Crippen LogP contribution is -2.41. The van der Waals surface area contributed by atoms with Crippen molar-refractivity contribution in [3.63, 3.8) is 0 Å². The number of carbonyl (C=O) groups excluding carboxylic acids is 1. The van der Waals surface area contributed by atoms with Gasteiger partial charge in [0.2, 0.25) is 5.91 Å². The molecule has 4 nitrogen and oxygen atoms in total. The molecule has 1 saturated heterocycles. The maximum atomic E-state index is 12.2. The predicted octanol–water partition coefficient (Wildman–Crippen LogP) is 3.48. The van der Waals surface area contributed by atoms with Crippen molar-refractivity contribution in [2.75, 3.05) is 31.5 Å². The molecule has 0 spiro atoms. The predicted molar refractivity (Wildman–Crippen MR) is 110 cm³/mol. The Bertz CT molecular complexity index is 726. The van der Waals surface area contributed by atoms with Gasteiger partial charge < -0.3 is 10.6 Å². The van der Waals surface area contributed by atoms with E-state index in [1.165, 1.54) is 24.8 Å². The van der Waals surface area contributed by atoms with Crippen LogP contribution in [-0.2, 0) is 4.79 Å². The first-order valence-electron chi connectivity index (χ1n) is 10.1. The van der Waals surface area contributed by atoms with Crippen molar-refractivity contribution in [1.82, 2.24) is 10.2 Å². The number of anilines is 1. The maximum Gasteiger partial charge on any atom is 0.238 e. The van der Waals surface area contributed by atoms with Crippen LogP contribution in [-0.4, -0.2) is 43.0 Å². The number of likely N-dealkylation sites (tertiary alicyclic amines) is 1. The second-order valence-electron chi connectivity index (χ2n) is 7.90. The third-order valence-electron chi connectivity index (χ3n) is 5.82. The molecule has 142 valence electrons. The van der Waals surface area contributed by atoms with Crippen LogP contribution in [0, 0.1) is 5.92 Å². The average molecular weight is 364 g/mol. The minimum atomic E-state index is 0.0847. The molecule has 2 aromatic carbocycles. The van der Waals surface area contributed by atoms with Crippen LogP contribution in [0.3, 0.4) is 0 Å². The Kier molecular flexibility index (Phi) is 5.85.